The zero-order chi connectivity index (χ0) is 23.0. The summed E-state index contributed by atoms with van der Waals surface area (Å²) in [5.41, 5.74) is 1.95. The number of thiophene rings is 1. The molecule has 0 unspecified atom stereocenters. The summed E-state index contributed by atoms with van der Waals surface area (Å²) in [6.07, 6.45) is 1.27. The summed E-state index contributed by atoms with van der Waals surface area (Å²) >= 11 is 1.66. The molecule has 0 aliphatic heterocycles. The van der Waals surface area contributed by atoms with Crippen LogP contribution in [0.15, 0.2) is 39.1 Å². The third-order valence-corrected chi connectivity index (χ3v) is 6.28. The van der Waals surface area contributed by atoms with Crippen LogP contribution in [0.2, 0.25) is 0 Å². The van der Waals surface area contributed by atoms with Gasteiger partial charge in [0.05, 0.1) is 19.7 Å². The van der Waals surface area contributed by atoms with Gasteiger partial charge in [-0.15, -0.1) is 11.3 Å². The Labute approximate surface area is 188 Å². The Morgan fingerprint density at radius 3 is 2.72 bits per heavy atom. The second-order valence-corrected chi connectivity index (χ2v) is 8.52. The molecule has 4 aromatic rings. The topological polar surface area (TPSA) is 96.3 Å². The van der Waals surface area contributed by atoms with Crippen molar-refractivity contribution in [3.63, 3.8) is 0 Å². The van der Waals surface area contributed by atoms with Crippen molar-refractivity contribution < 1.29 is 18.7 Å². The van der Waals surface area contributed by atoms with Crippen LogP contribution in [0.4, 0.5) is 0 Å². The number of nitrogens with zero attached hydrogens (tertiary/aromatic N) is 3. The lowest BCUT2D eigenvalue weighted by Crippen LogP contribution is -2.25. The number of hydrogen-bond donors (Lipinski definition) is 0. The summed E-state index contributed by atoms with van der Waals surface area (Å²) in [6.45, 7) is 7.77. The van der Waals surface area contributed by atoms with E-state index in [-0.39, 0.29) is 41.4 Å². The van der Waals surface area contributed by atoms with Crippen LogP contribution in [-0.4, -0.2) is 32.5 Å². The minimum absolute atomic E-state index is 0.0272. The van der Waals surface area contributed by atoms with E-state index in [2.05, 4.69) is 15.6 Å². The molecule has 0 bridgehead atoms. The number of furan rings is 1. The molecule has 0 atom stereocenters. The maximum Gasteiger partial charge on any atom is 0.342 e. The van der Waals surface area contributed by atoms with Gasteiger partial charge in [-0.2, -0.15) is 0 Å². The van der Waals surface area contributed by atoms with Crippen LogP contribution in [0.5, 0.6) is 0 Å². The van der Waals surface area contributed by atoms with Crippen molar-refractivity contribution in [3.8, 4) is 0 Å². The van der Waals surface area contributed by atoms with Gasteiger partial charge in [0.15, 0.2) is 5.78 Å². The molecule has 0 amide bonds. The Bertz CT molecular complexity index is 1380. The van der Waals surface area contributed by atoms with Crippen LogP contribution in [0.25, 0.3) is 11.1 Å². The lowest BCUT2D eigenvalue weighted by molar-refractivity contribution is 0.0526. The van der Waals surface area contributed by atoms with Gasteiger partial charge in [0.1, 0.15) is 23.0 Å². The van der Waals surface area contributed by atoms with E-state index in [0.717, 1.165) is 11.4 Å². The van der Waals surface area contributed by atoms with Crippen LogP contribution >= 0.6 is 11.3 Å². The number of ketones is 1. The molecule has 0 saturated heterocycles. The number of carbonyl (C=O) groups excluding carboxylic acids is 2. The fourth-order valence-corrected chi connectivity index (χ4v) is 4.52. The summed E-state index contributed by atoms with van der Waals surface area (Å²) in [6, 6.07) is 5.89. The molecule has 0 N–H and O–H groups in total. The number of hydrogen-bond acceptors (Lipinski definition) is 7. The van der Waals surface area contributed by atoms with Gasteiger partial charge in [-0.05, 0) is 45.2 Å². The van der Waals surface area contributed by atoms with Crippen LogP contribution in [0.3, 0.4) is 0 Å². The molecule has 4 aromatic heterocycles. The molecule has 4 heterocycles. The smallest absolute Gasteiger partial charge is 0.342 e. The first-order valence-electron chi connectivity index (χ1n) is 10.2. The maximum atomic E-state index is 13.1. The number of aromatic nitrogens is 3. The first-order valence-corrected chi connectivity index (χ1v) is 11.1. The molecule has 0 saturated carbocycles. The number of rotatable bonds is 7. The zero-order valence-corrected chi connectivity index (χ0v) is 19.1. The fraction of sp³-hybridized carbons (Fsp3) is 0.304. The van der Waals surface area contributed by atoms with E-state index in [1.54, 1.807) is 25.2 Å². The summed E-state index contributed by atoms with van der Waals surface area (Å²) in [5, 5.41) is 2.05. The number of Topliss-reactive ketones (excluding diaryl/α,β-unsaturated/α-hetero) is 1. The lowest BCUT2D eigenvalue weighted by Gasteiger charge is -2.09. The minimum atomic E-state index is -0.649. The molecule has 4 rings (SSSR count). The van der Waals surface area contributed by atoms with Crippen molar-refractivity contribution in [1.29, 1.82) is 0 Å². The zero-order valence-electron chi connectivity index (χ0n) is 18.3. The quantitative estimate of drug-likeness (QED) is 0.311. The predicted octanol–water partition coefficient (Wildman–Crippen LogP) is 3.89. The molecule has 0 fully saturated rings. The lowest BCUT2D eigenvalue weighted by atomic mass is 10.1. The second-order valence-electron chi connectivity index (χ2n) is 7.48. The van der Waals surface area contributed by atoms with Gasteiger partial charge in [0.2, 0.25) is 5.71 Å². The first-order chi connectivity index (χ1) is 15.3. The second kappa shape index (κ2) is 8.58. The van der Waals surface area contributed by atoms with Crippen molar-refractivity contribution in [1.82, 2.24) is 14.1 Å². The highest BCUT2D eigenvalue weighted by molar-refractivity contribution is 7.09. The fourth-order valence-electron chi connectivity index (χ4n) is 3.82. The van der Waals surface area contributed by atoms with Crippen LogP contribution in [0, 0.1) is 20.8 Å². The third-order valence-electron chi connectivity index (χ3n) is 5.42. The molecular formula is C23H23N3O5S. The van der Waals surface area contributed by atoms with Crippen LogP contribution in [0.1, 0.15) is 49.7 Å². The highest BCUT2D eigenvalue weighted by Crippen LogP contribution is 2.23. The number of fused-ring (bicyclic) bond motifs is 1. The molecule has 9 heteroatoms. The standard InChI is InChI=1S/C23H23N3O5S/c1-5-30-23(29)19-15(4)31-21-20(19)22(28)25(12-24-21)11-18(27)17-9-13(2)26(14(17)3)10-16-7-6-8-32-16/h6-9,12H,5,10-11H2,1-4H3. The van der Waals surface area contributed by atoms with Crippen molar-refractivity contribution >= 4 is 34.2 Å². The van der Waals surface area contributed by atoms with Gasteiger partial charge >= 0.3 is 5.97 Å². The van der Waals surface area contributed by atoms with E-state index in [1.165, 1.54) is 15.8 Å². The SMILES string of the molecule is CCOC(=O)c1c(C)oc2ncn(CC(=O)c3cc(C)n(Cc4cccs4)c3C)c(=O)c12. The maximum absolute atomic E-state index is 13.1. The highest BCUT2D eigenvalue weighted by atomic mass is 32.1. The largest absolute Gasteiger partial charge is 0.462 e. The summed E-state index contributed by atoms with van der Waals surface area (Å²) in [5.74, 6) is -0.607. The number of aryl methyl sites for hydroxylation is 2. The highest BCUT2D eigenvalue weighted by Gasteiger charge is 2.25. The van der Waals surface area contributed by atoms with Crippen LogP contribution < -0.4 is 5.56 Å². The summed E-state index contributed by atoms with van der Waals surface area (Å²) < 4.78 is 13.8. The van der Waals surface area contributed by atoms with Crippen molar-refractivity contribution in [2.75, 3.05) is 6.61 Å². The molecule has 0 aromatic carbocycles. The molecule has 0 aliphatic carbocycles. The number of ether oxygens (including phenoxy) is 1. The molecule has 166 valence electrons. The van der Waals surface area contributed by atoms with Gasteiger partial charge in [-0.25, -0.2) is 9.78 Å². The molecular weight excluding hydrogens is 430 g/mol. The van der Waals surface area contributed by atoms with Gasteiger partial charge in [0, 0.05) is 21.8 Å². The Balaban J connectivity index is 1.68. The monoisotopic (exact) mass is 453 g/mol. The molecule has 0 aliphatic rings. The van der Waals surface area contributed by atoms with Gasteiger partial charge in [-0.1, -0.05) is 6.07 Å². The van der Waals surface area contributed by atoms with Gasteiger partial charge in [0.25, 0.3) is 5.56 Å². The summed E-state index contributed by atoms with van der Waals surface area (Å²) in [7, 11) is 0. The van der Waals surface area contributed by atoms with Crippen molar-refractivity contribution in [2.24, 2.45) is 0 Å². The van der Waals surface area contributed by atoms with Crippen LogP contribution in [-0.2, 0) is 17.8 Å². The first kappa shape index (κ1) is 21.8. The van der Waals surface area contributed by atoms with E-state index in [1.807, 2.05) is 31.4 Å². The molecule has 0 radical (unpaired) electrons. The Morgan fingerprint density at radius 2 is 2.03 bits per heavy atom. The van der Waals surface area contributed by atoms with E-state index in [9.17, 15) is 14.4 Å². The third kappa shape index (κ3) is 3.80. The van der Waals surface area contributed by atoms with Gasteiger partial charge in [-0.3, -0.25) is 14.2 Å². The average molecular weight is 454 g/mol. The Hall–Kier alpha value is -3.46. The van der Waals surface area contributed by atoms with Crippen molar-refractivity contribution in [3.05, 3.63) is 73.4 Å². The normalized spacial score (nSPS) is 11.2. The van der Waals surface area contributed by atoms with E-state index in [0.29, 0.717) is 12.1 Å². The average Bonchev–Trinajstić information content (AvgIpc) is 3.45. The number of carbonyl (C=O) groups is 2. The molecule has 8 nitrogen and oxygen atoms in total. The van der Waals surface area contributed by atoms with E-state index in [4.69, 9.17) is 9.15 Å². The van der Waals surface area contributed by atoms with E-state index < -0.39 is 11.5 Å². The molecule has 0 spiro atoms. The van der Waals surface area contributed by atoms with Gasteiger partial charge < -0.3 is 13.7 Å². The number of esters is 1. The predicted molar refractivity (Wildman–Crippen MR) is 121 cm³/mol. The van der Waals surface area contributed by atoms with Crippen molar-refractivity contribution in [2.45, 2.75) is 40.8 Å². The Kier molecular flexibility index (Phi) is 5.84. The molecule has 32 heavy (non-hydrogen) atoms. The Morgan fingerprint density at radius 1 is 1.25 bits per heavy atom. The summed E-state index contributed by atoms with van der Waals surface area (Å²) in [4.78, 5) is 43.9. The van der Waals surface area contributed by atoms with E-state index >= 15 is 0 Å². The minimum Gasteiger partial charge on any atom is -0.462 e.